The van der Waals surface area contributed by atoms with E-state index in [2.05, 4.69) is 5.32 Å². The van der Waals surface area contributed by atoms with E-state index >= 15 is 0 Å². The Bertz CT molecular complexity index is 366. The van der Waals surface area contributed by atoms with Gasteiger partial charge in [-0.3, -0.25) is 4.79 Å². The summed E-state index contributed by atoms with van der Waals surface area (Å²) >= 11 is 0. The Morgan fingerprint density at radius 1 is 1.60 bits per heavy atom. The number of likely N-dealkylation sites (N-methyl/N-ethyl adjacent to an activating group) is 1. The molecule has 0 fully saturated rings. The maximum Gasteiger partial charge on any atom is 0.239 e. The normalized spacial score (nSPS) is 12.5. The molecule has 0 radical (unpaired) electrons. The predicted octanol–water partition coefficient (Wildman–Crippen LogP) is 1.27. The zero-order valence-corrected chi connectivity index (χ0v) is 8.88. The van der Waals surface area contributed by atoms with Crippen LogP contribution >= 0.6 is 0 Å². The molecule has 0 saturated heterocycles. The van der Waals surface area contributed by atoms with E-state index in [4.69, 9.17) is 5.73 Å². The number of carbonyl (C=O) groups is 1. The van der Waals surface area contributed by atoms with Crippen molar-refractivity contribution in [3.8, 4) is 0 Å². The van der Waals surface area contributed by atoms with E-state index in [-0.39, 0.29) is 5.82 Å². The van der Waals surface area contributed by atoms with Crippen LogP contribution in [0.25, 0.3) is 0 Å². The van der Waals surface area contributed by atoms with Crippen molar-refractivity contribution in [1.29, 1.82) is 0 Å². The molecule has 0 aromatic heterocycles. The van der Waals surface area contributed by atoms with E-state index in [0.717, 1.165) is 0 Å². The molecule has 0 bridgehead atoms. The molecule has 82 valence electrons. The first-order valence-corrected chi connectivity index (χ1v) is 4.85. The summed E-state index contributed by atoms with van der Waals surface area (Å²) in [5.74, 6) is -0.822. The van der Waals surface area contributed by atoms with Gasteiger partial charge in [0.25, 0.3) is 0 Å². The van der Waals surface area contributed by atoms with Crippen LogP contribution in [0.5, 0.6) is 0 Å². The van der Waals surface area contributed by atoms with Gasteiger partial charge in [-0.25, -0.2) is 4.39 Å². The van der Waals surface area contributed by atoms with E-state index in [1.807, 2.05) is 6.92 Å². The highest BCUT2D eigenvalue weighted by Gasteiger charge is 2.16. The topological polar surface area (TPSA) is 55.1 Å². The van der Waals surface area contributed by atoms with Crippen LogP contribution in [0, 0.1) is 12.7 Å². The number of hydrogen-bond acceptors (Lipinski definition) is 2. The van der Waals surface area contributed by atoms with Crippen molar-refractivity contribution in [2.75, 3.05) is 6.54 Å². The van der Waals surface area contributed by atoms with Crippen LogP contribution in [-0.4, -0.2) is 12.5 Å². The van der Waals surface area contributed by atoms with E-state index in [1.54, 1.807) is 19.1 Å². The SMILES string of the molecule is CCNC(C(N)=O)c1ccc(C)c(F)c1. The third-order valence-electron chi connectivity index (χ3n) is 2.22. The first-order valence-electron chi connectivity index (χ1n) is 4.85. The summed E-state index contributed by atoms with van der Waals surface area (Å²) in [4.78, 5) is 11.1. The highest BCUT2D eigenvalue weighted by Crippen LogP contribution is 2.16. The third-order valence-corrected chi connectivity index (χ3v) is 2.22. The second kappa shape index (κ2) is 4.89. The third kappa shape index (κ3) is 2.76. The monoisotopic (exact) mass is 210 g/mol. The first-order chi connectivity index (χ1) is 7.06. The maximum atomic E-state index is 13.3. The van der Waals surface area contributed by atoms with Crippen molar-refractivity contribution in [2.24, 2.45) is 5.73 Å². The van der Waals surface area contributed by atoms with Gasteiger partial charge in [0.2, 0.25) is 5.91 Å². The minimum atomic E-state index is -0.620. The number of nitrogens with two attached hydrogens (primary N) is 1. The molecule has 0 aliphatic carbocycles. The summed E-state index contributed by atoms with van der Waals surface area (Å²) < 4.78 is 13.3. The molecule has 1 amide bonds. The first kappa shape index (κ1) is 11.7. The molecule has 4 heteroatoms. The van der Waals surface area contributed by atoms with Crippen molar-refractivity contribution in [3.05, 3.63) is 35.1 Å². The molecule has 1 unspecified atom stereocenters. The van der Waals surface area contributed by atoms with E-state index in [0.29, 0.717) is 17.7 Å². The number of rotatable bonds is 4. The van der Waals surface area contributed by atoms with Crippen molar-refractivity contribution < 1.29 is 9.18 Å². The summed E-state index contributed by atoms with van der Waals surface area (Å²) in [6.45, 7) is 4.13. The average molecular weight is 210 g/mol. The van der Waals surface area contributed by atoms with Crippen LogP contribution in [0.4, 0.5) is 4.39 Å². The van der Waals surface area contributed by atoms with Gasteiger partial charge in [0.05, 0.1) is 0 Å². The number of halogens is 1. The van der Waals surface area contributed by atoms with Gasteiger partial charge in [0.1, 0.15) is 11.9 Å². The van der Waals surface area contributed by atoms with Crippen molar-refractivity contribution >= 4 is 5.91 Å². The van der Waals surface area contributed by atoms with E-state index < -0.39 is 11.9 Å². The molecular weight excluding hydrogens is 195 g/mol. The Kier molecular flexibility index (Phi) is 3.80. The van der Waals surface area contributed by atoms with Crippen LogP contribution in [-0.2, 0) is 4.79 Å². The van der Waals surface area contributed by atoms with Crippen LogP contribution in [0.3, 0.4) is 0 Å². The Balaban J connectivity index is 3.01. The average Bonchev–Trinajstić information content (AvgIpc) is 2.18. The minimum Gasteiger partial charge on any atom is -0.368 e. The van der Waals surface area contributed by atoms with Crippen LogP contribution < -0.4 is 11.1 Å². The lowest BCUT2D eigenvalue weighted by Crippen LogP contribution is -2.33. The van der Waals surface area contributed by atoms with Gasteiger partial charge < -0.3 is 11.1 Å². The quantitative estimate of drug-likeness (QED) is 0.786. The van der Waals surface area contributed by atoms with Gasteiger partial charge >= 0.3 is 0 Å². The van der Waals surface area contributed by atoms with Crippen LogP contribution in [0.15, 0.2) is 18.2 Å². The second-order valence-corrected chi connectivity index (χ2v) is 3.40. The second-order valence-electron chi connectivity index (χ2n) is 3.40. The fourth-order valence-electron chi connectivity index (χ4n) is 1.38. The van der Waals surface area contributed by atoms with E-state index in [1.165, 1.54) is 6.07 Å². The molecule has 15 heavy (non-hydrogen) atoms. The lowest BCUT2D eigenvalue weighted by Gasteiger charge is -2.14. The summed E-state index contributed by atoms with van der Waals surface area (Å²) in [5, 5.41) is 2.90. The molecule has 0 aliphatic rings. The van der Waals surface area contributed by atoms with Gasteiger partial charge in [-0.05, 0) is 30.7 Å². The number of carbonyl (C=O) groups excluding carboxylic acids is 1. The Labute approximate surface area is 88.5 Å². The Morgan fingerprint density at radius 2 is 2.27 bits per heavy atom. The van der Waals surface area contributed by atoms with Gasteiger partial charge in [-0.15, -0.1) is 0 Å². The fraction of sp³-hybridized carbons (Fsp3) is 0.364. The predicted molar refractivity (Wildman–Crippen MR) is 56.7 cm³/mol. The summed E-state index contributed by atoms with van der Waals surface area (Å²) in [6.07, 6.45) is 0. The van der Waals surface area contributed by atoms with Crippen LogP contribution in [0.1, 0.15) is 24.1 Å². The molecule has 3 nitrogen and oxygen atoms in total. The fourth-order valence-corrected chi connectivity index (χ4v) is 1.38. The molecule has 1 atom stereocenters. The molecule has 1 aromatic rings. The zero-order valence-electron chi connectivity index (χ0n) is 8.88. The highest BCUT2D eigenvalue weighted by atomic mass is 19.1. The molecule has 0 saturated carbocycles. The Hall–Kier alpha value is -1.42. The van der Waals surface area contributed by atoms with Gasteiger partial charge in [-0.1, -0.05) is 19.1 Å². The van der Waals surface area contributed by atoms with E-state index in [9.17, 15) is 9.18 Å². The standard InChI is InChI=1S/C11H15FN2O/c1-3-14-10(11(13)15)8-5-4-7(2)9(12)6-8/h4-6,10,14H,3H2,1-2H3,(H2,13,15). The molecular formula is C11H15FN2O. The molecule has 3 N–H and O–H groups in total. The van der Waals surface area contributed by atoms with Gasteiger partial charge in [0.15, 0.2) is 0 Å². The molecule has 1 rings (SSSR count). The largest absolute Gasteiger partial charge is 0.368 e. The Morgan fingerprint density at radius 3 is 2.73 bits per heavy atom. The van der Waals surface area contributed by atoms with Crippen molar-refractivity contribution in [3.63, 3.8) is 0 Å². The number of amides is 1. The lowest BCUT2D eigenvalue weighted by molar-refractivity contribution is -0.120. The van der Waals surface area contributed by atoms with Crippen molar-refractivity contribution in [2.45, 2.75) is 19.9 Å². The molecule has 1 aromatic carbocycles. The number of nitrogens with one attached hydrogen (secondary N) is 1. The summed E-state index contributed by atoms with van der Waals surface area (Å²) in [6, 6.07) is 4.06. The maximum absolute atomic E-state index is 13.3. The minimum absolute atomic E-state index is 0.323. The van der Waals surface area contributed by atoms with Gasteiger partial charge in [-0.2, -0.15) is 0 Å². The number of primary amides is 1. The number of hydrogen-bond donors (Lipinski definition) is 2. The number of aryl methyl sites for hydroxylation is 1. The number of benzene rings is 1. The summed E-state index contributed by atoms with van der Waals surface area (Å²) in [5.41, 5.74) is 6.34. The lowest BCUT2D eigenvalue weighted by atomic mass is 10.0. The molecule has 0 spiro atoms. The van der Waals surface area contributed by atoms with Crippen LogP contribution in [0.2, 0.25) is 0 Å². The summed E-state index contributed by atoms with van der Waals surface area (Å²) in [7, 11) is 0. The zero-order chi connectivity index (χ0) is 11.4. The molecule has 0 aliphatic heterocycles. The van der Waals surface area contributed by atoms with Crippen molar-refractivity contribution in [1.82, 2.24) is 5.32 Å². The van der Waals surface area contributed by atoms with Gasteiger partial charge in [0, 0.05) is 0 Å². The highest BCUT2D eigenvalue weighted by molar-refractivity contribution is 5.81. The molecule has 0 heterocycles. The smallest absolute Gasteiger partial charge is 0.239 e.